The Labute approximate surface area is 106 Å². The molecule has 17 heavy (non-hydrogen) atoms. The molecule has 1 aliphatic carbocycles. The Kier molecular flexibility index (Phi) is 4.48. The van der Waals surface area contributed by atoms with Gasteiger partial charge in [-0.25, -0.2) is 0 Å². The van der Waals surface area contributed by atoms with Crippen molar-refractivity contribution in [1.29, 1.82) is 0 Å². The smallest absolute Gasteiger partial charge is 0.160 e. The topological polar surface area (TPSA) is 18.5 Å². The first-order valence-corrected chi connectivity index (χ1v) is 7.40. The van der Waals surface area contributed by atoms with Crippen LogP contribution in [-0.4, -0.2) is 19.0 Å². The van der Waals surface area contributed by atoms with Crippen molar-refractivity contribution in [3.05, 3.63) is 0 Å². The van der Waals surface area contributed by atoms with Crippen LogP contribution in [0.1, 0.15) is 65.7 Å². The molecule has 2 heteroatoms. The summed E-state index contributed by atoms with van der Waals surface area (Å²) in [6.07, 6.45) is 9.53. The number of rotatable bonds is 3. The molecular weight excluding hydrogens is 212 g/mol. The summed E-state index contributed by atoms with van der Waals surface area (Å²) in [5.41, 5.74) is 0.182. The summed E-state index contributed by atoms with van der Waals surface area (Å²) in [5.74, 6) is 0.652. The zero-order chi connectivity index (χ0) is 12.3. The van der Waals surface area contributed by atoms with Gasteiger partial charge in [0, 0.05) is 11.3 Å². The molecule has 2 atom stereocenters. The third kappa shape index (κ3) is 3.23. The maximum Gasteiger partial charge on any atom is 0.160 e. The van der Waals surface area contributed by atoms with Crippen LogP contribution in [-0.2, 0) is 9.47 Å². The molecule has 0 amide bonds. The van der Waals surface area contributed by atoms with Gasteiger partial charge >= 0.3 is 0 Å². The van der Waals surface area contributed by atoms with Crippen molar-refractivity contribution in [2.45, 2.75) is 78.1 Å². The number of hydrogen-bond donors (Lipinski definition) is 0. The summed E-state index contributed by atoms with van der Waals surface area (Å²) in [4.78, 5) is 0. The van der Waals surface area contributed by atoms with Gasteiger partial charge < -0.3 is 9.47 Å². The van der Waals surface area contributed by atoms with Crippen molar-refractivity contribution in [2.24, 2.45) is 11.3 Å². The molecule has 2 rings (SSSR count). The average molecular weight is 240 g/mol. The Bertz CT molecular complexity index is 231. The van der Waals surface area contributed by atoms with Crippen LogP contribution < -0.4 is 0 Å². The minimum absolute atomic E-state index is 0.0832. The molecule has 1 saturated heterocycles. The second kappa shape index (κ2) is 5.71. The second-order valence-electron chi connectivity index (χ2n) is 6.48. The molecule has 2 unspecified atom stereocenters. The van der Waals surface area contributed by atoms with Crippen LogP contribution in [0.2, 0.25) is 0 Å². The molecule has 1 saturated carbocycles. The molecule has 1 aliphatic heterocycles. The number of hydrogen-bond acceptors (Lipinski definition) is 2. The first-order valence-electron chi connectivity index (χ1n) is 7.40. The Hall–Kier alpha value is -0.0800. The lowest BCUT2D eigenvalue weighted by atomic mass is 9.82. The standard InChI is InChI=1S/C15H28O2/c1-4-8-13-15(2,3)11-16-14(17-13)12-9-6-5-7-10-12/h12-14H,4-11H2,1-3H3. The van der Waals surface area contributed by atoms with Crippen LogP contribution in [0.4, 0.5) is 0 Å². The van der Waals surface area contributed by atoms with E-state index in [2.05, 4.69) is 20.8 Å². The van der Waals surface area contributed by atoms with Crippen LogP contribution in [0.3, 0.4) is 0 Å². The summed E-state index contributed by atoms with van der Waals surface area (Å²) in [6, 6.07) is 0. The molecule has 0 radical (unpaired) electrons. The van der Waals surface area contributed by atoms with Gasteiger partial charge in [0.15, 0.2) is 6.29 Å². The summed E-state index contributed by atoms with van der Waals surface area (Å²) in [5, 5.41) is 0. The highest BCUT2D eigenvalue weighted by molar-refractivity contribution is 4.84. The normalized spacial score (nSPS) is 34.8. The van der Waals surface area contributed by atoms with Crippen molar-refractivity contribution < 1.29 is 9.47 Å². The molecule has 0 aromatic rings. The van der Waals surface area contributed by atoms with Crippen LogP contribution in [0, 0.1) is 11.3 Å². The van der Waals surface area contributed by atoms with E-state index in [4.69, 9.17) is 9.47 Å². The van der Waals surface area contributed by atoms with Crippen molar-refractivity contribution in [1.82, 2.24) is 0 Å². The molecule has 1 heterocycles. The lowest BCUT2D eigenvalue weighted by Crippen LogP contribution is -2.48. The molecule has 100 valence electrons. The second-order valence-corrected chi connectivity index (χ2v) is 6.48. The molecule has 0 aromatic carbocycles. The summed E-state index contributed by atoms with van der Waals surface area (Å²) >= 11 is 0. The first-order chi connectivity index (χ1) is 8.13. The molecule has 0 N–H and O–H groups in total. The molecule has 2 nitrogen and oxygen atoms in total. The van der Waals surface area contributed by atoms with Crippen molar-refractivity contribution in [2.75, 3.05) is 6.61 Å². The minimum atomic E-state index is 0.0832. The predicted octanol–water partition coefficient (Wildman–Crippen LogP) is 4.13. The van der Waals surface area contributed by atoms with E-state index in [-0.39, 0.29) is 11.7 Å². The van der Waals surface area contributed by atoms with Gasteiger partial charge in [0.05, 0.1) is 12.7 Å². The fourth-order valence-corrected chi connectivity index (χ4v) is 3.15. The zero-order valence-electron chi connectivity index (χ0n) is 11.7. The molecule has 0 aromatic heterocycles. The Morgan fingerprint density at radius 2 is 1.82 bits per heavy atom. The minimum Gasteiger partial charge on any atom is -0.352 e. The molecule has 2 aliphatic rings. The molecule has 2 fully saturated rings. The van der Waals surface area contributed by atoms with Crippen molar-refractivity contribution >= 4 is 0 Å². The third-order valence-electron chi connectivity index (χ3n) is 4.38. The van der Waals surface area contributed by atoms with Crippen molar-refractivity contribution in [3.63, 3.8) is 0 Å². The monoisotopic (exact) mass is 240 g/mol. The average Bonchev–Trinajstić information content (AvgIpc) is 2.33. The van der Waals surface area contributed by atoms with Gasteiger partial charge in [0.25, 0.3) is 0 Å². The van der Waals surface area contributed by atoms with E-state index in [1.807, 2.05) is 0 Å². The first kappa shape index (κ1) is 13.4. The van der Waals surface area contributed by atoms with Gasteiger partial charge in [0.2, 0.25) is 0 Å². The van der Waals surface area contributed by atoms with Crippen LogP contribution in [0.15, 0.2) is 0 Å². The molecular formula is C15H28O2. The fourth-order valence-electron chi connectivity index (χ4n) is 3.15. The Morgan fingerprint density at radius 3 is 2.47 bits per heavy atom. The largest absolute Gasteiger partial charge is 0.352 e. The van der Waals surface area contributed by atoms with Gasteiger partial charge in [-0.1, -0.05) is 46.5 Å². The van der Waals surface area contributed by atoms with E-state index >= 15 is 0 Å². The van der Waals surface area contributed by atoms with E-state index in [0.717, 1.165) is 6.61 Å². The maximum atomic E-state index is 6.26. The van der Waals surface area contributed by atoms with E-state index in [9.17, 15) is 0 Å². The highest BCUT2D eigenvalue weighted by Crippen LogP contribution is 2.38. The third-order valence-corrected chi connectivity index (χ3v) is 4.38. The van der Waals surface area contributed by atoms with Gasteiger partial charge in [-0.3, -0.25) is 0 Å². The van der Waals surface area contributed by atoms with Crippen LogP contribution in [0.5, 0.6) is 0 Å². The van der Waals surface area contributed by atoms with E-state index in [0.29, 0.717) is 12.0 Å². The van der Waals surface area contributed by atoms with Crippen molar-refractivity contribution in [3.8, 4) is 0 Å². The van der Waals surface area contributed by atoms with Crippen LogP contribution >= 0.6 is 0 Å². The van der Waals surface area contributed by atoms with E-state index in [1.54, 1.807) is 0 Å². The van der Waals surface area contributed by atoms with Crippen LogP contribution in [0.25, 0.3) is 0 Å². The quantitative estimate of drug-likeness (QED) is 0.738. The Balaban J connectivity index is 1.93. The fraction of sp³-hybridized carbons (Fsp3) is 1.00. The zero-order valence-corrected chi connectivity index (χ0v) is 11.7. The lowest BCUT2D eigenvalue weighted by molar-refractivity contribution is -0.282. The van der Waals surface area contributed by atoms with Gasteiger partial charge in [-0.05, 0) is 19.3 Å². The Morgan fingerprint density at radius 1 is 1.12 bits per heavy atom. The maximum absolute atomic E-state index is 6.26. The number of ether oxygens (including phenoxy) is 2. The van der Waals surface area contributed by atoms with E-state index < -0.39 is 0 Å². The van der Waals surface area contributed by atoms with Gasteiger partial charge in [-0.2, -0.15) is 0 Å². The molecule has 0 bridgehead atoms. The summed E-state index contributed by atoms with van der Waals surface area (Å²) in [6.45, 7) is 7.64. The highest BCUT2D eigenvalue weighted by atomic mass is 16.7. The highest BCUT2D eigenvalue weighted by Gasteiger charge is 2.40. The predicted molar refractivity (Wildman–Crippen MR) is 69.9 cm³/mol. The summed E-state index contributed by atoms with van der Waals surface area (Å²) in [7, 11) is 0. The van der Waals surface area contributed by atoms with E-state index in [1.165, 1.54) is 44.9 Å². The molecule has 0 spiro atoms. The lowest BCUT2D eigenvalue weighted by Gasteiger charge is -2.45. The summed E-state index contributed by atoms with van der Waals surface area (Å²) < 4.78 is 12.2. The SMILES string of the molecule is CCCC1OC(C2CCCCC2)OCC1(C)C. The van der Waals surface area contributed by atoms with Gasteiger partial charge in [0.1, 0.15) is 0 Å². The van der Waals surface area contributed by atoms with Gasteiger partial charge in [-0.15, -0.1) is 0 Å².